The monoisotopic (exact) mass is 410 g/mol. The van der Waals surface area contributed by atoms with E-state index in [0.717, 1.165) is 27.7 Å². The summed E-state index contributed by atoms with van der Waals surface area (Å²) in [5, 5.41) is 3.94. The second kappa shape index (κ2) is 7.72. The van der Waals surface area contributed by atoms with Crippen molar-refractivity contribution in [3.63, 3.8) is 0 Å². The highest BCUT2D eigenvalue weighted by Crippen LogP contribution is 2.42. The van der Waals surface area contributed by atoms with E-state index in [1.165, 1.54) is 0 Å². The molecule has 31 heavy (non-hydrogen) atoms. The van der Waals surface area contributed by atoms with Gasteiger partial charge >= 0.3 is 0 Å². The van der Waals surface area contributed by atoms with Crippen molar-refractivity contribution >= 4 is 28.4 Å². The number of rotatable bonds is 5. The number of para-hydroxylation sites is 1. The van der Waals surface area contributed by atoms with Crippen molar-refractivity contribution in [1.29, 1.82) is 0 Å². The second-order valence-electron chi connectivity index (χ2n) is 7.74. The summed E-state index contributed by atoms with van der Waals surface area (Å²) in [5.41, 5.74) is 5.48. The molecule has 2 aromatic heterocycles. The van der Waals surface area contributed by atoms with Crippen LogP contribution in [0.1, 0.15) is 39.6 Å². The zero-order chi connectivity index (χ0) is 21.4. The number of aromatic amines is 1. The summed E-state index contributed by atoms with van der Waals surface area (Å²) >= 11 is 0. The molecule has 1 aliphatic heterocycles. The van der Waals surface area contributed by atoms with Crippen molar-refractivity contribution in [3.05, 3.63) is 95.4 Å². The van der Waals surface area contributed by atoms with Gasteiger partial charge in [-0.1, -0.05) is 36.4 Å². The predicted octanol–water partition coefficient (Wildman–Crippen LogP) is 4.45. The number of pyridine rings is 1. The van der Waals surface area contributed by atoms with Crippen molar-refractivity contribution in [1.82, 2.24) is 14.9 Å². The first-order valence-electron chi connectivity index (χ1n) is 10.3. The van der Waals surface area contributed by atoms with Crippen LogP contribution in [0, 0.1) is 6.92 Å². The molecule has 0 saturated carbocycles. The molecule has 1 atom stereocenters. The Kier molecular flexibility index (Phi) is 4.75. The van der Waals surface area contributed by atoms with E-state index >= 15 is 0 Å². The van der Waals surface area contributed by atoms with Gasteiger partial charge in [0, 0.05) is 46.9 Å². The van der Waals surface area contributed by atoms with Crippen molar-refractivity contribution in [3.8, 4) is 0 Å². The molecule has 4 aromatic rings. The molecule has 0 fully saturated rings. The fraction of sp³-hybridized carbons (Fsp3) is 0.160. The predicted molar refractivity (Wildman–Crippen MR) is 120 cm³/mol. The van der Waals surface area contributed by atoms with Gasteiger partial charge < -0.3 is 15.2 Å². The molecule has 0 aliphatic carbocycles. The number of aryl methyl sites for hydroxylation is 1. The topological polar surface area (TPSA) is 78.1 Å². The number of benzene rings is 2. The third-order valence-electron chi connectivity index (χ3n) is 5.80. The molecule has 2 N–H and O–H groups in total. The van der Waals surface area contributed by atoms with E-state index in [-0.39, 0.29) is 24.3 Å². The lowest BCUT2D eigenvalue weighted by Crippen LogP contribution is -2.32. The van der Waals surface area contributed by atoms with E-state index in [1.807, 2.05) is 54.3 Å². The minimum absolute atomic E-state index is 0.0422. The smallest absolute Gasteiger partial charge is 0.255 e. The lowest BCUT2D eigenvalue weighted by atomic mass is 9.95. The highest BCUT2D eigenvalue weighted by molar-refractivity contribution is 6.01. The molecule has 2 amide bonds. The summed E-state index contributed by atoms with van der Waals surface area (Å²) in [6.45, 7) is 2.36. The second-order valence-corrected chi connectivity index (χ2v) is 7.74. The molecule has 6 nitrogen and oxygen atoms in total. The van der Waals surface area contributed by atoms with Gasteiger partial charge in [0.15, 0.2) is 0 Å². The Balaban J connectivity index is 1.48. The molecular formula is C25H22N4O2. The zero-order valence-electron chi connectivity index (χ0n) is 17.1. The van der Waals surface area contributed by atoms with Gasteiger partial charge in [-0.3, -0.25) is 14.6 Å². The summed E-state index contributed by atoms with van der Waals surface area (Å²) in [5.74, 6) is -0.189. The number of H-pyrrole nitrogens is 1. The number of carbonyl (C=O) groups excluding carboxylic acids is 2. The van der Waals surface area contributed by atoms with E-state index in [4.69, 9.17) is 0 Å². The summed E-state index contributed by atoms with van der Waals surface area (Å²) < 4.78 is 0. The number of carbonyl (C=O) groups is 2. The van der Waals surface area contributed by atoms with Crippen LogP contribution < -0.4 is 5.32 Å². The van der Waals surface area contributed by atoms with Crippen molar-refractivity contribution in [2.24, 2.45) is 0 Å². The van der Waals surface area contributed by atoms with Gasteiger partial charge in [-0.2, -0.15) is 0 Å². The number of anilines is 1. The Morgan fingerprint density at radius 3 is 2.74 bits per heavy atom. The molecule has 3 heterocycles. The average Bonchev–Trinajstić information content (AvgIpc) is 3.26. The highest BCUT2D eigenvalue weighted by Gasteiger charge is 2.39. The van der Waals surface area contributed by atoms with Crippen LogP contribution in [0.25, 0.3) is 10.9 Å². The molecular weight excluding hydrogens is 388 g/mol. The fourth-order valence-electron chi connectivity index (χ4n) is 4.44. The fourth-order valence-corrected chi connectivity index (χ4v) is 4.44. The van der Waals surface area contributed by atoms with Gasteiger partial charge in [0.2, 0.25) is 5.91 Å². The molecule has 6 heteroatoms. The first kappa shape index (κ1) is 19.1. The Bertz CT molecular complexity index is 1280. The number of hydrogen-bond acceptors (Lipinski definition) is 3. The SMILES string of the molecule is Cc1[nH]c2ccccc2c1[C@@H]1c2ccccc2C(=O)N1CCC(=O)Nc1cccnc1. The Morgan fingerprint density at radius 2 is 1.90 bits per heavy atom. The van der Waals surface area contributed by atoms with E-state index in [0.29, 0.717) is 17.8 Å². The van der Waals surface area contributed by atoms with E-state index < -0.39 is 0 Å². The third-order valence-corrected chi connectivity index (χ3v) is 5.80. The van der Waals surface area contributed by atoms with Gasteiger partial charge in [0.25, 0.3) is 5.91 Å². The van der Waals surface area contributed by atoms with Crippen LogP contribution in [0.15, 0.2) is 73.1 Å². The standard InChI is InChI=1S/C25H22N4O2/c1-16-23(20-10-4-5-11-21(20)27-16)24-18-8-2-3-9-19(18)25(31)29(24)14-12-22(30)28-17-7-6-13-26-15-17/h2-11,13,15,24,27H,12,14H2,1H3,(H,28,30)/t24-/m0/s1. The molecule has 5 rings (SSSR count). The maximum Gasteiger partial charge on any atom is 0.255 e. The van der Waals surface area contributed by atoms with Crippen LogP contribution in [-0.2, 0) is 4.79 Å². The molecule has 0 bridgehead atoms. The maximum atomic E-state index is 13.3. The van der Waals surface area contributed by atoms with E-state index in [2.05, 4.69) is 21.4 Å². The van der Waals surface area contributed by atoms with Crippen LogP contribution >= 0.6 is 0 Å². The molecule has 2 aromatic carbocycles. The van der Waals surface area contributed by atoms with Crippen molar-refractivity contribution < 1.29 is 9.59 Å². The molecule has 0 saturated heterocycles. The summed E-state index contributed by atoms with van der Waals surface area (Å²) in [4.78, 5) is 35.1. The minimum atomic E-state index is -0.231. The lowest BCUT2D eigenvalue weighted by molar-refractivity contribution is -0.116. The lowest BCUT2D eigenvalue weighted by Gasteiger charge is -2.26. The Hall–Kier alpha value is -3.93. The number of amides is 2. The van der Waals surface area contributed by atoms with E-state index in [1.54, 1.807) is 24.5 Å². The third kappa shape index (κ3) is 3.36. The average molecular weight is 410 g/mol. The number of fused-ring (bicyclic) bond motifs is 2. The Labute approximate surface area is 179 Å². The normalized spacial score (nSPS) is 15.3. The maximum absolute atomic E-state index is 13.3. The van der Waals surface area contributed by atoms with Gasteiger partial charge in [0.1, 0.15) is 0 Å². The summed E-state index contributed by atoms with van der Waals surface area (Å²) in [6.07, 6.45) is 3.46. The number of aromatic nitrogens is 2. The number of hydrogen-bond donors (Lipinski definition) is 2. The zero-order valence-corrected chi connectivity index (χ0v) is 17.1. The minimum Gasteiger partial charge on any atom is -0.358 e. The van der Waals surface area contributed by atoms with Crippen LogP contribution in [0.4, 0.5) is 5.69 Å². The van der Waals surface area contributed by atoms with Crippen LogP contribution in [0.5, 0.6) is 0 Å². The number of nitrogens with zero attached hydrogens (tertiary/aromatic N) is 2. The molecule has 0 radical (unpaired) electrons. The number of nitrogens with one attached hydrogen (secondary N) is 2. The van der Waals surface area contributed by atoms with E-state index in [9.17, 15) is 9.59 Å². The van der Waals surface area contributed by atoms with Crippen LogP contribution in [0.2, 0.25) is 0 Å². The first-order valence-corrected chi connectivity index (χ1v) is 10.3. The van der Waals surface area contributed by atoms with Crippen LogP contribution in [0.3, 0.4) is 0 Å². The first-order chi connectivity index (χ1) is 15.1. The highest BCUT2D eigenvalue weighted by atomic mass is 16.2. The van der Waals surface area contributed by atoms with Crippen molar-refractivity contribution in [2.75, 3.05) is 11.9 Å². The quantitative estimate of drug-likeness (QED) is 0.510. The van der Waals surface area contributed by atoms with Crippen molar-refractivity contribution in [2.45, 2.75) is 19.4 Å². The molecule has 0 spiro atoms. The molecule has 1 aliphatic rings. The van der Waals surface area contributed by atoms with Gasteiger partial charge in [0.05, 0.1) is 17.9 Å². The van der Waals surface area contributed by atoms with Gasteiger partial charge in [-0.05, 0) is 36.8 Å². The Morgan fingerprint density at radius 1 is 1.10 bits per heavy atom. The van der Waals surface area contributed by atoms with Gasteiger partial charge in [-0.15, -0.1) is 0 Å². The molecule has 154 valence electrons. The van der Waals surface area contributed by atoms with Crippen LogP contribution in [-0.4, -0.2) is 33.2 Å². The largest absolute Gasteiger partial charge is 0.358 e. The van der Waals surface area contributed by atoms with Gasteiger partial charge in [-0.25, -0.2) is 0 Å². The summed E-state index contributed by atoms with van der Waals surface area (Å²) in [7, 11) is 0. The molecule has 0 unspecified atom stereocenters. The summed E-state index contributed by atoms with van der Waals surface area (Å²) in [6, 6.07) is 19.2.